The quantitative estimate of drug-likeness (QED) is 0.695. The molecule has 0 radical (unpaired) electrons. The molecular weight excluding hydrogens is 354 g/mol. The zero-order valence-electron chi connectivity index (χ0n) is 16.0. The Labute approximate surface area is 156 Å². The number of hydrogen-bond donors (Lipinski definition) is 1. The van der Waals surface area contributed by atoms with Crippen molar-refractivity contribution in [1.29, 1.82) is 0 Å². The number of sulfonamides is 1. The molecule has 6 nitrogen and oxygen atoms in total. The Morgan fingerprint density at radius 2 is 2.04 bits per heavy atom. The summed E-state index contributed by atoms with van der Waals surface area (Å²) >= 11 is 0. The second kappa shape index (κ2) is 7.96. The van der Waals surface area contributed by atoms with Gasteiger partial charge in [0.15, 0.2) is 0 Å². The molecule has 0 aromatic heterocycles. The molecule has 0 amide bonds. The molecule has 0 saturated heterocycles. The number of ether oxygens (including phenoxy) is 1. The normalized spacial score (nSPS) is 19.0. The second-order valence-electron chi connectivity index (χ2n) is 7.49. The Kier molecular flexibility index (Phi) is 6.34. The summed E-state index contributed by atoms with van der Waals surface area (Å²) in [5, 5.41) is 8.81. The van der Waals surface area contributed by atoms with Crippen molar-refractivity contribution in [2.75, 3.05) is 12.3 Å². The third-order valence-corrected chi connectivity index (χ3v) is 6.57. The van der Waals surface area contributed by atoms with Crippen molar-refractivity contribution in [3.05, 3.63) is 29.3 Å². The fourth-order valence-corrected chi connectivity index (χ4v) is 4.69. The van der Waals surface area contributed by atoms with Crippen molar-refractivity contribution in [3.8, 4) is 5.75 Å². The number of rotatable bonds is 8. The number of benzene rings is 1. The second-order valence-corrected chi connectivity index (χ2v) is 9.70. The number of aliphatic carboxylic acids is 1. The van der Waals surface area contributed by atoms with Crippen molar-refractivity contribution < 1.29 is 23.1 Å². The highest BCUT2D eigenvalue weighted by atomic mass is 32.2. The molecule has 1 unspecified atom stereocenters. The number of carboxylic acids is 1. The van der Waals surface area contributed by atoms with Crippen molar-refractivity contribution in [1.82, 2.24) is 4.31 Å². The molecule has 146 valence electrons. The topological polar surface area (TPSA) is 83.9 Å². The van der Waals surface area contributed by atoms with E-state index in [-0.39, 0.29) is 18.2 Å². The van der Waals surface area contributed by atoms with E-state index in [0.29, 0.717) is 25.8 Å². The summed E-state index contributed by atoms with van der Waals surface area (Å²) in [6, 6.07) is 5.56. The average molecular weight is 384 g/mol. The number of fused-ring (bicyclic) bond motifs is 1. The van der Waals surface area contributed by atoms with Gasteiger partial charge in [-0.15, -0.1) is 0 Å². The summed E-state index contributed by atoms with van der Waals surface area (Å²) in [7, 11) is -3.43. The Morgan fingerprint density at radius 1 is 1.35 bits per heavy atom. The van der Waals surface area contributed by atoms with Gasteiger partial charge in [-0.1, -0.05) is 12.1 Å². The first-order valence-corrected chi connectivity index (χ1v) is 10.7. The first kappa shape index (κ1) is 20.7. The molecule has 26 heavy (non-hydrogen) atoms. The van der Waals surface area contributed by atoms with Gasteiger partial charge in [-0.3, -0.25) is 4.79 Å². The Hall–Kier alpha value is -1.60. The number of carboxylic acid groups (broad SMARTS) is 1. The van der Waals surface area contributed by atoms with E-state index < -0.39 is 21.6 Å². The first-order valence-electron chi connectivity index (χ1n) is 9.06. The minimum atomic E-state index is -3.43. The van der Waals surface area contributed by atoms with Gasteiger partial charge in [-0.05, 0) is 52.2 Å². The van der Waals surface area contributed by atoms with Gasteiger partial charge in [0.25, 0.3) is 0 Å². The minimum absolute atomic E-state index is 0.0188. The lowest BCUT2D eigenvalue weighted by Gasteiger charge is -2.42. The first-order chi connectivity index (χ1) is 12.1. The highest BCUT2D eigenvalue weighted by Gasteiger charge is 2.40. The molecule has 1 aromatic carbocycles. The fraction of sp³-hybridized carbons (Fsp3) is 0.632. The Balaban J connectivity index is 2.35. The Bertz CT molecular complexity index is 757. The van der Waals surface area contributed by atoms with E-state index in [2.05, 4.69) is 0 Å². The van der Waals surface area contributed by atoms with E-state index in [4.69, 9.17) is 9.84 Å². The molecule has 1 aliphatic rings. The van der Waals surface area contributed by atoms with Crippen LogP contribution in [0.1, 0.15) is 63.6 Å². The minimum Gasteiger partial charge on any atom is -0.487 e. The molecule has 1 N–H and O–H groups in total. The summed E-state index contributed by atoms with van der Waals surface area (Å²) in [6.07, 6.45) is 1.58. The fourth-order valence-electron chi connectivity index (χ4n) is 3.38. The average Bonchev–Trinajstić information content (AvgIpc) is 2.52. The lowest BCUT2D eigenvalue weighted by atomic mass is 9.89. The SMILES string of the molecule is CCS(=O)(=O)N(CCCCC(=O)O)C1CC(C)(C)Oc2cc(C)ccc21. The predicted octanol–water partition coefficient (Wildman–Crippen LogP) is 3.50. The van der Waals surface area contributed by atoms with Gasteiger partial charge < -0.3 is 9.84 Å². The molecule has 7 heteroatoms. The summed E-state index contributed by atoms with van der Waals surface area (Å²) in [5.74, 6) is -0.110. The molecule has 0 aliphatic carbocycles. The molecule has 0 bridgehead atoms. The standard InChI is InChI=1S/C19H29NO5S/c1-5-26(23,24)20(11-7-6-8-18(21)22)16-13-19(3,4)25-17-12-14(2)9-10-15(16)17/h9-10,12,16H,5-8,11,13H2,1-4H3,(H,21,22). The number of unbranched alkanes of at least 4 members (excludes halogenated alkanes) is 1. The molecular formula is C19H29NO5S. The number of carbonyl (C=O) groups is 1. The molecule has 2 rings (SSSR count). The summed E-state index contributed by atoms with van der Waals surface area (Å²) < 4.78 is 33.2. The third kappa shape index (κ3) is 4.98. The van der Waals surface area contributed by atoms with Crippen LogP contribution in [0, 0.1) is 6.92 Å². The van der Waals surface area contributed by atoms with Crippen LogP contribution in [0.2, 0.25) is 0 Å². The zero-order valence-corrected chi connectivity index (χ0v) is 16.8. The van der Waals surface area contributed by atoms with Gasteiger partial charge in [0.2, 0.25) is 10.0 Å². The van der Waals surface area contributed by atoms with Crippen molar-refractivity contribution in [2.45, 2.75) is 65.0 Å². The summed E-state index contributed by atoms with van der Waals surface area (Å²) in [4.78, 5) is 10.7. The van der Waals surface area contributed by atoms with Crippen molar-refractivity contribution in [3.63, 3.8) is 0 Å². The van der Waals surface area contributed by atoms with Crippen LogP contribution in [-0.2, 0) is 14.8 Å². The van der Waals surface area contributed by atoms with E-state index in [1.54, 1.807) is 11.2 Å². The van der Waals surface area contributed by atoms with Crippen LogP contribution in [-0.4, -0.2) is 41.7 Å². The third-order valence-electron chi connectivity index (χ3n) is 4.69. The number of aryl methyl sites for hydroxylation is 1. The molecule has 0 spiro atoms. The molecule has 0 fully saturated rings. The molecule has 1 atom stereocenters. The van der Waals surface area contributed by atoms with Gasteiger partial charge in [-0.25, -0.2) is 8.42 Å². The largest absolute Gasteiger partial charge is 0.487 e. The van der Waals surface area contributed by atoms with E-state index in [1.165, 1.54) is 0 Å². The van der Waals surface area contributed by atoms with Crippen LogP contribution in [0.3, 0.4) is 0 Å². The smallest absolute Gasteiger partial charge is 0.303 e. The van der Waals surface area contributed by atoms with Crippen LogP contribution in [0.5, 0.6) is 5.75 Å². The zero-order chi connectivity index (χ0) is 19.5. The van der Waals surface area contributed by atoms with Crippen LogP contribution in [0.25, 0.3) is 0 Å². The number of nitrogens with zero attached hydrogens (tertiary/aromatic N) is 1. The van der Waals surface area contributed by atoms with Crippen molar-refractivity contribution in [2.24, 2.45) is 0 Å². The molecule has 0 saturated carbocycles. The summed E-state index contributed by atoms with van der Waals surface area (Å²) in [6.45, 7) is 7.86. The van der Waals surface area contributed by atoms with Gasteiger partial charge in [-0.2, -0.15) is 4.31 Å². The van der Waals surface area contributed by atoms with Gasteiger partial charge in [0.05, 0.1) is 11.8 Å². The highest BCUT2D eigenvalue weighted by molar-refractivity contribution is 7.89. The molecule has 1 aliphatic heterocycles. The van der Waals surface area contributed by atoms with Gasteiger partial charge >= 0.3 is 5.97 Å². The van der Waals surface area contributed by atoms with Gasteiger partial charge in [0.1, 0.15) is 11.4 Å². The maximum atomic E-state index is 12.8. The maximum absolute atomic E-state index is 12.8. The van der Waals surface area contributed by atoms with E-state index in [1.807, 2.05) is 39.0 Å². The Morgan fingerprint density at radius 3 is 2.65 bits per heavy atom. The van der Waals surface area contributed by atoms with Crippen LogP contribution < -0.4 is 4.74 Å². The van der Waals surface area contributed by atoms with Crippen LogP contribution >= 0.6 is 0 Å². The highest BCUT2D eigenvalue weighted by Crippen LogP contribution is 2.44. The van der Waals surface area contributed by atoms with Crippen molar-refractivity contribution >= 4 is 16.0 Å². The van der Waals surface area contributed by atoms with Crippen LogP contribution in [0.4, 0.5) is 0 Å². The maximum Gasteiger partial charge on any atom is 0.303 e. The molecule has 1 heterocycles. The predicted molar refractivity (Wildman–Crippen MR) is 101 cm³/mol. The van der Waals surface area contributed by atoms with E-state index in [9.17, 15) is 13.2 Å². The van der Waals surface area contributed by atoms with E-state index in [0.717, 1.165) is 16.9 Å². The lowest BCUT2D eigenvalue weighted by molar-refractivity contribution is -0.137. The monoisotopic (exact) mass is 383 g/mol. The lowest BCUT2D eigenvalue weighted by Crippen LogP contribution is -2.44. The molecule has 1 aromatic rings. The van der Waals surface area contributed by atoms with Crippen LogP contribution in [0.15, 0.2) is 18.2 Å². The summed E-state index contributed by atoms with van der Waals surface area (Å²) in [5.41, 5.74) is 1.46. The van der Waals surface area contributed by atoms with Gasteiger partial charge in [0, 0.05) is 24.9 Å². The number of hydrogen-bond acceptors (Lipinski definition) is 4. The van der Waals surface area contributed by atoms with E-state index >= 15 is 0 Å².